The first-order chi connectivity index (χ1) is 16.1. The van der Waals surface area contributed by atoms with Crippen molar-refractivity contribution >= 4 is 49.2 Å². The first-order valence-corrected chi connectivity index (χ1v) is 12.5. The molecular formula is C25H30N6OS. The van der Waals surface area contributed by atoms with Gasteiger partial charge in [-0.25, -0.2) is 9.97 Å². The molecule has 0 radical (unpaired) electrons. The molecular weight excluding hydrogens is 432 g/mol. The van der Waals surface area contributed by atoms with Gasteiger partial charge in [0.15, 0.2) is 5.13 Å². The maximum atomic E-state index is 5.48. The number of ether oxygens (including phenoxy) is 1. The maximum absolute atomic E-state index is 5.48. The van der Waals surface area contributed by atoms with Crippen LogP contribution in [0.3, 0.4) is 0 Å². The molecule has 172 valence electrons. The van der Waals surface area contributed by atoms with E-state index in [0.717, 1.165) is 66.9 Å². The third kappa shape index (κ3) is 3.76. The van der Waals surface area contributed by atoms with Gasteiger partial charge < -0.3 is 24.4 Å². The molecule has 33 heavy (non-hydrogen) atoms. The molecule has 8 heteroatoms. The molecule has 0 amide bonds. The number of aromatic nitrogens is 3. The number of thiazole rings is 1. The number of nitrogens with zero attached hydrogens (tertiary/aromatic N) is 5. The standard InChI is InChI=1S/C25H30N6OS/c1-29(2)17-5-8-21-19(15-17)18-6-9-23(28-24(18)30(21)3)26-16-4-7-20-22(14-16)33-25(27-20)31-10-12-32-13-11-31/h4,6-7,9,14,17H,5,8,10-13,15H2,1-3H3,(H,26,28)/t17-/m0/s1. The van der Waals surface area contributed by atoms with Crippen LogP contribution in [0.25, 0.3) is 21.3 Å². The molecule has 1 atom stereocenters. The number of hydrogen-bond donors (Lipinski definition) is 1. The van der Waals surface area contributed by atoms with Crippen LogP contribution in [-0.4, -0.2) is 65.9 Å². The van der Waals surface area contributed by atoms with Crippen LogP contribution >= 0.6 is 11.3 Å². The summed E-state index contributed by atoms with van der Waals surface area (Å²) in [5, 5.41) is 5.89. The minimum atomic E-state index is 0.606. The van der Waals surface area contributed by atoms with Crippen LogP contribution < -0.4 is 10.2 Å². The second kappa shape index (κ2) is 8.27. The average molecular weight is 463 g/mol. The summed E-state index contributed by atoms with van der Waals surface area (Å²) in [4.78, 5) is 14.5. The Morgan fingerprint density at radius 2 is 1.97 bits per heavy atom. The molecule has 1 aliphatic heterocycles. The zero-order valence-corrected chi connectivity index (χ0v) is 20.3. The number of fused-ring (bicyclic) bond motifs is 4. The number of aryl methyl sites for hydroxylation is 1. The number of nitrogens with one attached hydrogen (secondary N) is 1. The van der Waals surface area contributed by atoms with Crippen molar-refractivity contribution in [2.75, 3.05) is 50.6 Å². The van der Waals surface area contributed by atoms with Gasteiger partial charge in [-0.15, -0.1) is 0 Å². The highest BCUT2D eigenvalue weighted by Crippen LogP contribution is 2.34. The summed E-state index contributed by atoms with van der Waals surface area (Å²) >= 11 is 1.74. The van der Waals surface area contributed by atoms with Crippen molar-refractivity contribution in [3.63, 3.8) is 0 Å². The number of hydrogen-bond acceptors (Lipinski definition) is 7. The van der Waals surface area contributed by atoms with Crippen molar-refractivity contribution < 1.29 is 4.74 Å². The van der Waals surface area contributed by atoms with Crippen molar-refractivity contribution in [2.45, 2.75) is 25.3 Å². The van der Waals surface area contributed by atoms with Gasteiger partial charge in [0.25, 0.3) is 0 Å². The minimum Gasteiger partial charge on any atom is -0.378 e. The monoisotopic (exact) mass is 462 g/mol. The highest BCUT2D eigenvalue weighted by atomic mass is 32.1. The van der Waals surface area contributed by atoms with Gasteiger partial charge in [0.1, 0.15) is 11.5 Å². The van der Waals surface area contributed by atoms with Gasteiger partial charge in [-0.2, -0.15) is 0 Å². The summed E-state index contributed by atoms with van der Waals surface area (Å²) in [6, 6.07) is 11.3. The number of rotatable bonds is 4. The topological polar surface area (TPSA) is 58.4 Å². The fourth-order valence-electron chi connectivity index (χ4n) is 5.15. The zero-order valence-electron chi connectivity index (χ0n) is 19.5. The van der Waals surface area contributed by atoms with Crippen LogP contribution in [-0.2, 0) is 24.6 Å². The molecule has 1 aromatic carbocycles. The molecule has 1 aliphatic carbocycles. The van der Waals surface area contributed by atoms with E-state index in [2.05, 4.69) is 71.2 Å². The quantitative estimate of drug-likeness (QED) is 0.491. The molecule has 0 unspecified atom stereocenters. The molecule has 1 saturated heterocycles. The smallest absolute Gasteiger partial charge is 0.186 e. The lowest BCUT2D eigenvalue weighted by Gasteiger charge is -2.28. The Morgan fingerprint density at radius 3 is 2.79 bits per heavy atom. The average Bonchev–Trinajstić information content (AvgIpc) is 3.38. The van der Waals surface area contributed by atoms with Gasteiger partial charge in [-0.1, -0.05) is 11.3 Å². The van der Waals surface area contributed by atoms with Gasteiger partial charge in [-0.3, -0.25) is 0 Å². The fourth-order valence-corrected chi connectivity index (χ4v) is 6.21. The third-order valence-corrected chi connectivity index (χ3v) is 8.17. The summed E-state index contributed by atoms with van der Waals surface area (Å²) in [5.41, 5.74) is 6.06. The van der Waals surface area contributed by atoms with Crippen LogP contribution in [0, 0.1) is 0 Å². The van der Waals surface area contributed by atoms with E-state index in [-0.39, 0.29) is 0 Å². The Balaban J connectivity index is 1.28. The lowest BCUT2D eigenvalue weighted by Crippen LogP contribution is -2.36. The number of likely N-dealkylation sites (N-methyl/N-ethyl adjacent to an activating group) is 1. The maximum Gasteiger partial charge on any atom is 0.186 e. The van der Waals surface area contributed by atoms with E-state index in [4.69, 9.17) is 14.7 Å². The molecule has 0 bridgehead atoms. The Morgan fingerprint density at radius 1 is 1.12 bits per heavy atom. The summed E-state index contributed by atoms with van der Waals surface area (Å²) in [6.45, 7) is 3.36. The molecule has 7 nitrogen and oxygen atoms in total. The normalized spacial score (nSPS) is 18.9. The van der Waals surface area contributed by atoms with Crippen LogP contribution in [0.1, 0.15) is 17.7 Å². The van der Waals surface area contributed by atoms with E-state index in [9.17, 15) is 0 Å². The number of morpholine rings is 1. The van der Waals surface area contributed by atoms with Crippen LogP contribution in [0.2, 0.25) is 0 Å². The number of anilines is 3. The molecule has 4 aromatic rings. The van der Waals surface area contributed by atoms with Crippen LogP contribution in [0.4, 0.5) is 16.6 Å². The summed E-state index contributed by atoms with van der Waals surface area (Å²) in [6.07, 6.45) is 3.42. The SMILES string of the molecule is CN(C)[C@H]1CCc2c(c3ccc(Nc4ccc5nc(N6CCOCC6)sc5c4)nc3n2C)C1. The molecule has 0 saturated carbocycles. The molecule has 0 spiro atoms. The summed E-state index contributed by atoms with van der Waals surface area (Å²) in [5.74, 6) is 0.877. The van der Waals surface area contributed by atoms with Gasteiger partial charge in [0.05, 0.1) is 23.4 Å². The van der Waals surface area contributed by atoms with E-state index < -0.39 is 0 Å². The van der Waals surface area contributed by atoms with Gasteiger partial charge >= 0.3 is 0 Å². The lowest BCUT2D eigenvalue weighted by molar-refractivity contribution is 0.122. The van der Waals surface area contributed by atoms with E-state index in [0.29, 0.717) is 6.04 Å². The van der Waals surface area contributed by atoms with E-state index in [1.807, 2.05) is 0 Å². The van der Waals surface area contributed by atoms with Gasteiger partial charge in [-0.05, 0) is 69.3 Å². The van der Waals surface area contributed by atoms with Crippen molar-refractivity contribution in [1.82, 2.24) is 19.4 Å². The van der Waals surface area contributed by atoms with Gasteiger partial charge in [0, 0.05) is 42.9 Å². The highest BCUT2D eigenvalue weighted by molar-refractivity contribution is 7.22. The molecule has 4 heterocycles. The largest absolute Gasteiger partial charge is 0.378 e. The Labute approximate surface area is 198 Å². The lowest BCUT2D eigenvalue weighted by atomic mass is 9.91. The fraction of sp³-hybridized carbons (Fsp3) is 0.440. The predicted octanol–water partition coefficient (Wildman–Crippen LogP) is 4.18. The Bertz CT molecular complexity index is 1320. The van der Waals surface area contributed by atoms with Gasteiger partial charge in [0.2, 0.25) is 0 Å². The zero-order chi connectivity index (χ0) is 22.5. The molecule has 1 fully saturated rings. The summed E-state index contributed by atoms with van der Waals surface area (Å²) < 4.78 is 8.96. The second-order valence-electron chi connectivity index (χ2n) is 9.32. The van der Waals surface area contributed by atoms with Crippen molar-refractivity contribution in [3.8, 4) is 0 Å². The van der Waals surface area contributed by atoms with E-state index in [1.54, 1.807) is 11.3 Å². The molecule has 1 N–H and O–H groups in total. The van der Waals surface area contributed by atoms with Crippen molar-refractivity contribution in [2.24, 2.45) is 7.05 Å². The van der Waals surface area contributed by atoms with E-state index >= 15 is 0 Å². The summed E-state index contributed by atoms with van der Waals surface area (Å²) in [7, 11) is 6.53. The van der Waals surface area contributed by atoms with Crippen LogP contribution in [0.15, 0.2) is 30.3 Å². The second-order valence-corrected chi connectivity index (χ2v) is 10.3. The Hall–Kier alpha value is -2.68. The Kier molecular flexibility index (Phi) is 5.24. The predicted molar refractivity (Wildman–Crippen MR) is 136 cm³/mol. The number of benzene rings is 1. The van der Waals surface area contributed by atoms with E-state index in [1.165, 1.54) is 27.8 Å². The molecule has 3 aromatic heterocycles. The van der Waals surface area contributed by atoms with Crippen molar-refractivity contribution in [1.29, 1.82) is 0 Å². The van der Waals surface area contributed by atoms with Crippen molar-refractivity contribution in [3.05, 3.63) is 41.6 Å². The van der Waals surface area contributed by atoms with Crippen LogP contribution in [0.5, 0.6) is 0 Å². The first-order valence-electron chi connectivity index (χ1n) is 11.7. The molecule has 2 aliphatic rings. The highest BCUT2D eigenvalue weighted by Gasteiger charge is 2.26. The third-order valence-electron chi connectivity index (χ3n) is 7.09. The molecule has 6 rings (SSSR count). The minimum absolute atomic E-state index is 0.606. The first kappa shape index (κ1) is 20.9. The number of pyridine rings is 1.